The number of aromatic nitrogens is 1. The van der Waals surface area contributed by atoms with Crippen LogP contribution in [0, 0.1) is 23.7 Å². The fraction of sp³-hybridized carbons (Fsp3) is 0.700. The Morgan fingerprint density at radius 3 is 2.13 bits per heavy atom. The maximum absolute atomic E-state index is 14.5. The summed E-state index contributed by atoms with van der Waals surface area (Å²) in [5, 5.41) is 10.8. The Balaban J connectivity index is 1.79. The van der Waals surface area contributed by atoms with Gasteiger partial charge in [-0.1, -0.05) is 85.2 Å². The van der Waals surface area contributed by atoms with Gasteiger partial charge in [0.2, 0.25) is 23.6 Å². The van der Waals surface area contributed by atoms with Crippen molar-refractivity contribution >= 4 is 47.0 Å². The van der Waals surface area contributed by atoms with Gasteiger partial charge in [-0.15, -0.1) is 11.3 Å². The molecule has 0 bridgehead atoms. The molecule has 1 saturated heterocycles. The van der Waals surface area contributed by atoms with Crippen LogP contribution in [0.2, 0.25) is 0 Å². The number of esters is 1. The van der Waals surface area contributed by atoms with E-state index in [2.05, 4.69) is 20.9 Å². The van der Waals surface area contributed by atoms with Gasteiger partial charge in [-0.25, -0.2) is 14.6 Å². The molecule has 5 amide bonds. The van der Waals surface area contributed by atoms with E-state index < -0.39 is 66.0 Å². The molecule has 0 saturated carbocycles. The van der Waals surface area contributed by atoms with Crippen molar-refractivity contribution in [2.75, 3.05) is 55.1 Å². The average molecular weight is 972 g/mol. The van der Waals surface area contributed by atoms with Crippen molar-refractivity contribution in [3.05, 3.63) is 52.0 Å². The molecule has 0 aliphatic carbocycles. The van der Waals surface area contributed by atoms with Crippen molar-refractivity contribution in [2.45, 2.75) is 149 Å². The number of nitrogens with zero attached hydrogens (tertiary/aromatic N) is 4. The highest BCUT2D eigenvalue weighted by atomic mass is 32.1. The van der Waals surface area contributed by atoms with E-state index in [-0.39, 0.29) is 66.6 Å². The number of rotatable bonds is 25. The molecule has 0 spiro atoms. The van der Waals surface area contributed by atoms with Gasteiger partial charge in [0, 0.05) is 33.2 Å². The molecule has 2 aromatic rings. The van der Waals surface area contributed by atoms with Crippen molar-refractivity contribution < 1.29 is 47.7 Å². The van der Waals surface area contributed by atoms with Gasteiger partial charge in [-0.05, 0) is 77.4 Å². The number of likely N-dealkylation sites (N-methyl/N-ethyl adjacent to an activating group) is 2. The first-order chi connectivity index (χ1) is 31.9. The molecule has 68 heavy (non-hydrogen) atoms. The Labute approximate surface area is 409 Å². The third-order valence-corrected chi connectivity index (χ3v) is 13.5. The Hall–Kier alpha value is -4.65. The summed E-state index contributed by atoms with van der Waals surface area (Å²) in [7, 11) is 8.52. The van der Waals surface area contributed by atoms with E-state index in [4.69, 9.17) is 18.9 Å². The third-order valence-electron chi connectivity index (χ3n) is 12.6. The van der Waals surface area contributed by atoms with Crippen LogP contribution in [0.25, 0.3) is 0 Å². The first kappa shape index (κ1) is 57.7. The van der Waals surface area contributed by atoms with Gasteiger partial charge in [-0.2, -0.15) is 0 Å². The summed E-state index contributed by atoms with van der Waals surface area (Å²) < 4.78 is 22.7. The van der Waals surface area contributed by atoms with Crippen LogP contribution < -0.4 is 16.0 Å². The summed E-state index contributed by atoms with van der Waals surface area (Å²) in [5.74, 6) is -2.58. The van der Waals surface area contributed by atoms with Gasteiger partial charge in [0.15, 0.2) is 5.69 Å². The molecule has 0 unspecified atom stereocenters. The normalized spacial score (nSPS) is 17.7. The minimum absolute atomic E-state index is 0.0143. The summed E-state index contributed by atoms with van der Waals surface area (Å²) in [6, 6.07) is 6.89. The number of hydrogen-bond acceptors (Lipinski definition) is 13. The lowest BCUT2D eigenvalue weighted by Gasteiger charge is -2.41. The predicted molar refractivity (Wildman–Crippen MR) is 263 cm³/mol. The minimum atomic E-state index is -0.792. The fourth-order valence-corrected chi connectivity index (χ4v) is 9.83. The van der Waals surface area contributed by atoms with E-state index in [1.807, 2.05) is 90.9 Å². The molecule has 1 fully saturated rings. The second-order valence-electron chi connectivity index (χ2n) is 19.9. The van der Waals surface area contributed by atoms with E-state index in [0.29, 0.717) is 37.2 Å². The predicted octanol–water partition coefficient (Wildman–Crippen LogP) is 5.87. The second-order valence-corrected chi connectivity index (χ2v) is 20.7. The highest BCUT2D eigenvalue weighted by Gasteiger charge is 2.43. The summed E-state index contributed by atoms with van der Waals surface area (Å²) in [6.07, 6.45) is 0.450. The zero-order valence-corrected chi connectivity index (χ0v) is 44.1. The summed E-state index contributed by atoms with van der Waals surface area (Å²) in [4.78, 5) is 91.5. The van der Waals surface area contributed by atoms with Crippen molar-refractivity contribution in [1.29, 1.82) is 0 Å². The lowest BCUT2D eigenvalue weighted by atomic mass is 9.89. The van der Waals surface area contributed by atoms with Crippen LogP contribution >= 0.6 is 11.3 Å². The van der Waals surface area contributed by atoms with Gasteiger partial charge in [0.05, 0.1) is 55.3 Å². The van der Waals surface area contributed by atoms with E-state index in [9.17, 15) is 28.8 Å². The zero-order chi connectivity index (χ0) is 51.0. The Kier molecular flexibility index (Phi) is 22.8. The zero-order valence-electron chi connectivity index (χ0n) is 43.3. The second kappa shape index (κ2) is 26.9. The maximum atomic E-state index is 14.5. The van der Waals surface area contributed by atoms with Crippen LogP contribution in [-0.2, 0) is 44.5 Å². The summed E-state index contributed by atoms with van der Waals surface area (Å²) in [6.45, 7) is 19.3. The molecule has 18 heteroatoms. The molecule has 17 nitrogen and oxygen atoms in total. The topological polar surface area (TPSA) is 198 Å². The van der Waals surface area contributed by atoms with Crippen LogP contribution in [0.1, 0.15) is 122 Å². The minimum Gasteiger partial charge on any atom is -0.459 e. The molecular formula is C50H81N7O10S. The molecule has 1 aliphatic rings. The van der Waals surface area contributed by atoms with Gasteiger partial charge >= 0.3 is 12.1 Å². The SMILES string of the molecule is CC[C@H](C)[C@@H]([C@@H](CC(=O)N1CCC[C@H]1[C@H](OC)[C@@H](C)C(=O)N[C@@H](Cc1ccccc1)c1nc(C(=O)OCCNC(=O)OC(C)(C)C)cs1)OC)N(C)C(=O)[C@@H](NC(=O)[C@H](C(C)C)N(C)C)C(C)C. The number of benzene rings is 1. The van der Waals surface area contributed by atoms with Crippen molar-refractivity contribution in [2.24, 2.45) is 23.7 Å². The number of methoxy groups -OCH3 is 2. The number of amides is 5. The van der Waals surface area contributed by atoms with Crippen molar-refractivity contribution in [3.63, 3.8) is 0 Å². The first-order valence-electron chi connectivity index (χ1n) is 24.0. The lowest BCUT2D eigenvalue weighted by Crippen LogP contribution is -2.59. The van der Waals surface area contributed by atoms with Gasteiger partial charge < -0.3 is 44.7 Å². The van der Waals surface area contributed by atoms with Crippen LogP contribution in [0.5, 0.6) is 0 Å². The molecule has 9 atom stereocenters. The van der Waals surface area contributed by atoms with Gasteiger partial charge in [0.25, 0.3) is 0 Å². The molecule has 382 valence electrons. The maximum Gasteiger partial charge on any atom is 0.407 e. The number of alkyl carbamates (subject to hydrolysis) is 1. The summed E-state index contributed by atoms with van der Waals surface area (Å²) >= 11 is 1.22. The molecule has 2 heterocycles. The Morgan fingerprint density at radius 2 is 1.57 bits per heavy atom. The number of hydrogen-bond donors (Lipinski definition) is 3. The van der Waals surface area contributed by atoms with E-state index in [0.717, 1.165) is 5.56 Å². The molecule has 1 aliphatic heterocycles. The average Bonchev–Trinajstić information content (AvgIpc) is 3.97. The van der Waals surface area contributed by atoms with Gasteiger partial charge in [0.1, 0.15) is 23.3 Å². The lowest BCUT2D eigenvalue weighted by molar-refractivity contribution is -0.148. The van der Waals surface area contributed by atoms with Crippen LogP contribution in [0.3, 0.4) is 0 Å². The molecule has 0 radical (unpaired) electrons. The largest absolute Gasteiger partial charge is 0.459 e. The molecule has 1 aromatic carbocycles. The molecule has 3 rings (SSSR count). The Bertz CT molecular complexity index is 1930. The smallest absolute Gasteiger partial charge is 0.407 e. The number of carbonyl (C=O) groups excluding carboxylic acids is 6. The van der Waals surface area contributed by atoms with E-state index >= 15 is 0 Å². The van der Waals surface area contributed by atoms with E-state index in [1.54, 1.807) is 64.1 Å². The van der Waals surface area contributed by atoms with Crippen molar-refractivity contribution in [3.8, 4) is 0 Å². The number of nitrogens with one attached hydrogen (secondary N) is 3. The quantitative estimate of drug-likeness (QED) is 0.0792. The van der Waals surface area contributed by atoms with Crippen molar-refractivity contribution in [1.82, 2.24) is 35.6 Å². The molecule has 1 aromatic heterocycles. The molecular weight excluding hydrogens is 891 g/mol. The first-order valence-corrected chi connectivity index (χ1v) is 24.9. The van der Waals surface area contributed by atoms with Crippen LogP contribution in [-0.4, -0.2) is 152 Å². The number of likely N-dealkylation sites (tertiary alicyclic amines) is 1. The monoisotopic (exact) mass is 972 g/mol. The highest BCUT2D eigenvalue weighted by Crippen LogP contribution is 2.31. The number of carbonyl (C=O) groups is 6. The number of thiazole rings is 1. The third kappa shape index (κ3) is 16.5. The fourth-order valence-electron chi connectivity index (χ4n) is 8.99. The van der Waals surface area contributed by atoms with Crippen LogP contribution in [0.4, 0.5) is 4.79 Å². The van der Waals surface area contributed by atoms with E-state index in [1.165, 1.54) is 11.3 Å². The Morgan fingerprint density at radius 1 is 0.912 bits per heavy atom. The van der Waals surface area contributed by atoms with Gasteiger partial charge in [-0.3, -0.25) is 24.1 Å². The molecule has 3 N–H and O–H groups in total. The standard InChI is InChI=1S/C50H81N7O10S/c1-16-32(6)42(56(13)47(61)40(30(2)3)54-45(60)41(31(4)5)55(11)12)38(64-14)28-39(58)57-25-20-23-37(57)43(65-15)33(7)44(59)52-35(27-34-21-18-17-19-22-34)46-53-36(29-68-46)48(62)66-26-24-51-49(63)67-50(8,9)10/h17-19,21-22,29-33,35,37-38,40-43H,16,20,23-28H2,1-15H3,(H,51,63)(H,52,59)(H,54,60)/t32-,33+,35-,37-,38+,40-,41-,42-,43+/m0/s1. The highest BCUT2D eigenvalue weighted by molar-refractivity contribution is 7.09. The summed E-state index contributed by atoms with van der Waals surface area (Å²) in [5.41, 5.74) is 0.351. The van der Waals surface area contributed by atoms with Crippen LogP contribution in [0.15, 0.2) is 35.7 Å². The number of ether oxygens (including phenoxy) is 4.